The average Bonchev–Trinajstić information content (AvgIpc) is 3.49. The summed E-state index contributed by atoms with van der Waals surface area (Å²) in [6.45, 7) is 1.95. The van der Waals surface area contributed by atoms with E-state index in [1.807, 2.05) is 73.7 Å². The standard InChI is InChI=1S/C29H25N6O2/c1-18-13-22(37-21-7-3-5-19(14-21)16-32-2)9-10-27(18)35-29(31)24(17-33-35)28(36)26-15-23-20(11-12-30)6-4-8-25(23)34-26/h3-10,13-15,17,28,34,36H,11,31H2,1-2H3/q+1. The summed E-state index contributed by atoms with van der Waals surface area (Å²) in [6.07, 6.45) is 0.860. The van der Waals surface area contributed by atoms with Crippen LogP contribution in [0.25, 0.3) is 21.4 Å². The second kappa shape index (κ2) is 9.90. The number of aromatic amines is 1. The molecule has 5 aromatic rings. The Morgan fingerprint density at radius 1 is 1.14 bits per heavy atom. The van der Waals surface area contributed by atoms with Crippen molar-refractivity contribution in [2.75, 3.05) is 12.8 Å². The first-order valence-electron chi connectivity index (χ1n) is 11.7. The number of aromatic nitrogens is 3. The van der Waals surface area contributed by atoms with E-state index in [1.165, 1.54) is 0 Å². The molecule has 37 heavy (non-hydrogen) atoms. The number of nitrogens with two attached hydrogens (primary N) is 1. The largest absolute Gasteiger partial charge is 0.457 e. The SMILES string of the molecule is C[N+]#Cc1cccc(Oc2ccc(-n3ncc(C(O)c4cc5c(CC#N)cccc5[nH]4)c3N)c(C)c2)c1. The van der Waals surface area contributed by atoms with Crippen molar-refractivity contribution in [2.45, 2.75) is 19.4 Å². The van der Waals surface area contributed by atoms with Gasteiger partial charge in [-0.3, -0.25) is 0 Å². The molecule has 0 spiro atoms. The van der Waals surface area contributed by atoms with Crippen molar-refractivity contribution in [3.63, 3.8) is 0 Å². The van der Waals surface area contributed by atoms with E-state index >= 15 is 0 Å². The van der Waals surface area contributed by atoms with Gasteiger partial charge in [0.2, 0.25) is 0 Å². The van der Waals surface area contributed by atoms with Gasteiger partial charge in [-0.25, -0.2) is 4.68 Å². The Hall–Kier alpha value is -5.05. The number of aliphatic hydroxyl groups excluding tert-OH is 1. The van der Waals surface area contributed by atoms with Crippen LogP contribution < -0.4 is 10.5 Å². The van der Waals surface area contributed by atoms with Gasteiger partial charge in [0.05, 0.1) is 24.4 Å². The molecule has 8 nitrogen and oxygen atoms in total. The molecule has 8 heteroatoms. The maximum absolute atomic E-state index is 11.1. The van der Waals surface area contributed by atoms with Crippen molar-refractivity contribution in [1.29, 1.82) is 5.26 Å². The van der Waals surface area contributed by atoms with Gasteiger partial charge in [-0.1, -0.05) is 23.0 Å². The van der Waals surface area contributed by atoms with Crippen LogP contribution in [0.1, 0.15) is 34.1 Å². The quantitative estimate of drug-likeness (QED) is 0.291. The highest BCUT2D eigenvalue weighted by molar-refractivity contribution is 5.84. The molecule has 0 bridgehead atoms. The monoisotopic (exact) mass is 489 g/mol. The highest BCUT2D eigenvalue weighted by atomic mass is 16.5. The van der Waals surface area contributed by atoms with Crippen LogP contribution in [-0.4, -0.2) is 26.9 Å². The number of aryl methyl sites for hydroxylation is 1. The molecule has 0 aliphatic carbocycles. The van der Waals surface area contributed by atoms with E-state index in [9.17, 15) is 5.11 Å². The number of nitriles is 1. The van der Waals surface area contributed by atoms with E-state index in [-0.39, 0.29) is 0 Å². The van der Waals surface area contributed by atoms with Crippen molar-refractivity contribution in [3.05, 3.63) is 106 Å². The average molecular weight is 490 g/mol. The van der Waals surface area contributed by atoms with E-state index in [2.05, 4.69) is 27.1 Å². The molecule has 0 radical (unpaired) electrons. The molecular weight excluding hydrogens is 464 g/mol. The molecule has 182 valence electrons. The van der Waals surface area contributed by atoms with Crippen LogP contribution in [0.3, 0.4) is 0 Å². The molecule has 5 rings (SSSR count). The lowest BCUT2D eigenvalue weighted by atomic mass is 10.1. The summed E-state index contributed by atoms with van der Waals surface area (Å²) in [5.74, 6) is 1.69. The number of benzene rings is 3. The molecular formula is C29H25N6O2+. The zero-order valence-electron chi connectivity index (χ0n) is 20.4. The lowest BCUT2D eigenvalue weighted by molar-refractivity contribution is 0.217. The van der Waals surface area contributed by atoms with Gasteiger partial charge in [-0.05, 0) is 60.5 Å². The van der Waals surface area contributed by atoms with E-state index in [1.54, 1.807) is 17.9 Å². The fraction of sp³-hybridized carbons (Fsp3) is 0.138. The Balaban J connectivity index is 1.41. The van der Waals surface area contributed by atoms with Crippen molar-refractivity contribution in [2.24, 2.45) is 0 Å². The number of hydrogen-bond donors (Lipinski definition) is 3. The predicted molar refractivity (Wildman–Crippen MR) is 143 cm³/mol. The number of anilines is 1. The van der Waals surface area contributed by atoms with Gasteiger partial charge < -0.3 is 20.6 Å². The molecule has 0 aliphatic heterocycles. The molecule has 3 aromatic carbocycles. The molecule has 0 amide bonds. The Labute approximate surface area is 214 Å². The van der Waals surface area contributed by atoms with Crippen LogP contribution >= 0.6 is 0 Å². The number of H-pyrrole nitrogens is 1. The second-order valence-electron chi connectivity index (χ2n) is 8.65. The van der Waals surface area contributed by atoms with Crippen LogP contribution in [0.5, 0.6) is 11.5 Å². The minimum Gasteiger partial charge on any atom is -0.457 e. The molecule has 2 heterocycles. The lowest BCUT2D eigenvalue weighted by Crippen LogP contribution is -2.07. The van der Waals surface area contributed by atoms with Gasteiger partial charge in [0.15, 0.2) is 0 Å². The van der Waals surface area contributed by atoms with E-state index in [0.717, 1.165) is 33.3 Å². The number of nitrogens with zero attached hydrogens (tertiary/aromatic N) is 4. The Kier molecular flexibility index (Phi) is 6.34. The smallest absolute Gasteiger partial charge is 0.310 e. The second-order valence-corrected chi connectivity index (χ2v) is 8.65. The zero-order chi connectivity index (χ0) is 25.9. The van der Waals surface area contributed by atoms with Gasteiger partial charge in [0.25, 0.3) is 7.05 Å². The normalized spacial score (nSPS) is 11.5. The summed E-state index contributed by atoms with van der Waals surface area (Å²) in [6, 6.07) is 25.8. The maximum atomic E-state index is 11.1. The van der Waals surface area contributed by atoms with Crippen molar-refractivity contribution >= 4 is 16.7 Å². The fourth-order valence-electron chi connectivity index (χ4n) is 4.39. The summed E-state index contributed by atoms with van der Waals surface area (Å²) in [5.41, 5.74) is 11.8. The zero-order valence-corrected chi connectivity index (χ0v) is 20.4. The van der Waals surface area contributed by atoms with Crippen LogP contribution in [0, 0.1) is 24.3 Å². The lowest BCUT2D eigenvalue weighted by Gasteiger charge is -2.13. The number of nitrogens with one attached hydrogen (secondary N) is 1. The van der Waals surface area contributed by atoms with Gasteiger partial charge in [0, 0.05) is 28.2 Å². The first kappa shape index (κ1) is 23.7. The topological polar surface area (TPSA) is 117 Å². The van der Waals surface area contributed by atoms with Crippen LogP contribution in [0.2, 0.25) is 0 Å². The highest BCUT2D eigenvalue weighted by Crippen LogP contribution is 2.32. The first-order valence-corrected chi connectivity index (χ1v) is 11.7. The summed E-state index contributed by atoms with van der Waals surface area (Å²) >= 11 is 0. The minimum atomic E-state index is -1.00. The Morgan fingerprint density at radius 2 is 1.95 bits per heavy atom. The van der Waals surface area contributed by atoms with Gasteiger partial charge in [-0.15, -0.1) is 0 Å². The van der Waals surface area contributed by atoms with Crippen molar-refractivity contribution in [1.82, 2.24) is 14.8 Å². The van der Waals surface area contributed by atoms with E-state index in [0.29, 0.717) is 35.0 Å². The van der Waals surface area contributed by atoms with Gasteiger partial charge in [0.1, 0.15) is 29.0 Å². The number of hydrogen-bond acceptors (Lipinski definition) is 5. The third kappa shape index (κ3) is 4.62. The van der Waals surface area contributed by atoms with Gasteiger partial charge in [-0.2, -0.15) is 10.4 Å². The number of fused-ring (bicyclic) bond motifs is 1. The molecule has 1 atom stereocenters. The highest BCUT2D eigenvalue weighted by Gasteiger charge is 2.21. The van der Waals surface area contributed by atoms with Crippen molar-refractivity contribution < 1.29 is 9.84 Å². The maximum Gasteiger partial charge on any atom is 0.310 e. The summed E-state index contributed by atoms with van der Waals surface area (Å²) in [5, 5.41) is 25.6. The molecule has 0 aliphatic rings. The van der Waals surface area contributed by atoms with E-state index < -0.39 is 6.10 Å². The van der Waals surface area contributed by atoms with Crippen LogP contribution in [-0.2, 0) is 6.42 Å². The molecule has 1 unspecified atom stereocenters. The molecule has 0 saturated heterocycles. The first-order chi connectivity index (χ1) is 18.0. The number of ether oxygens (including phenoxy) is 1. The molecule has 0 saturated carbocycles. The number of nitrogen functional groups attached to an aromatic ring is 1. The van der Waals surface area contributed by atoms with Gasteiger partial charge >= 0.3 is 6.07 Å². The fourth-order valence-corrected chi connectivity index (χ4v) is 4.39. The summed E-state index contributed by atoms with van der Waals surface area (Å²) < 4.78 is 7.62. The number of aliphatic hydroxyl groups is 1. The Bertz CT molecular complexity index is 1710. The third-order valence-corrected chi connectivity index (χ3v) is 6.18. The predicted octanol–water partition coefficient (Wildman–Crippen LogP) is 5.50. The minimum absolute atomic E-state index is 0.292. The summed E-state index contributed by atoms with van der Waals surface area (Å²) in [7, 11) is 1.67. The molecule has 0 fully saturated rings. The number of rotatable bonds is 6. The summed E-state index contributed by atoms with van der Waals surface area (Å²) in [4.78, 5) is 7.16. The van der Waals surface area contributed by atoms with Crippen LogP contribution in [0.4, 0.5) is 5.82 Å². The molecule has 4 N–H and O–H groups in total. The van der Waals surface area contributed by atoms with E-state index in [4.69, 9.17) is 15.7 Å². The third-order valence-electron chi connectivity index (χ3n) is 6.18. The molecule has 2 aromatic heterocycles. The Morgan fingerprint density at radius 3 is 2.73 bits per heavy atom. The van der Waals surface area contributed by atoms with Crippen molar-refractivity contribution in [3.8, 4) is 29.3 Å². The van der Waals surface area contributed by atoms with Crippen LogP contribution in [0.15, 0.2) is 72.9 Å².